The lowest BCUT2D eigenvalue weighted by Crippen LogP contribution is -2.40. The van der Waals surface area contributed by atoms with Gasteiger partial charge in [-0.25, -0.2) is 0 Å². The molecule has 0 bridgehead atoms. The highest BCUT2D eigenvalue weighted by Gasteiger charge is 2.29. The second-order valence-corrected chi connectivity index (χ2v) is 4.53. The van der Waals surface area contributed by atoms with Gasteiger partial charge in [0.15, 0.2) is 0 Å². The summed E-state index contributed by atoms with van der Waals surface area (Å²) in [7, 11) is 0. The molecule has 0 aliphatic carbocycles. The summed E-state index contributed by atoms with van der Waals surface area (Å²) in [6, 6.07) is 1.77. The van der Waals surface area contributed by atoms with Gasteiger partial charge in [-0.2, -0.15) is 0 Å². The molecular formula is C10H12BrN3O. The van der Waals surface area contributed by atoms with Crippen LogP contribution in [0.15, 0.2) is 22.9 Å². The van der Waals surface area contributed by atoms with Crippen LogP contribution in [-0.2, 0) is 4.79 Å². The van der Waals surface area contributed by atoms with Crippen molar-refractivity contribution in [2.45, 2.75) is 18.9 Å². The van der Waals surface area contributed by atoms with Gasteiger partial charge in [-0.15, -0.1) is 0 Å². The second-order valence-electron chi connectivity index (χ2n) is 3.62. The summed E-state index contributed by atoms with van der Waals surface area (Å²) in [4.78, 5) is 17.3. The monoisotopic (exact) mass is 269 g/mol. The van der Waals surface area contributed by atoms with Crippen molar-refractivity contribution in [3.8, 4) is 0 Å². The van der Waals surface area contributed by atoms with E-state index in [9.17, 15) is 4.79 Å². The van der Waals surface area contributed by atoms with Gasteiger partial charge in [0, 0.05) is 17.2 Å². The van der Waals surface area contributed by atoms with Gasteiger partial charge in [0.1, 0.15) is 6.04 Å². The van der Waals surface area contributed by atoms with E-state index in [1.807, 2.05) is 11.0 Å². The third kappa shape index (κ3) is 2.12. The highest BCUT2D eigenvalue weighted by molar-refractivity contribution is 9.10. The topological polar surface area (TPSA) is 59.2 Å². The zero-order valence-corrected chi connectivity index (χ0v) is 9.77. The van der Waals surface area contributed by atoms with Gasteiger partial charge in [-0.3, -0.25) is 9.78 Å². The molecule has 1 aliphatic heterocycles. The number of nitrogens with zero attached hydrogens (tertiary/aromatic N) is 2. The predicted molar refractivity (Wildman–Crippen MR) is 61.5 cm³/mol. The molecule has 1 fully saturated rings. The summed E-state index contributed by atoms with van der Waals surface area (Å²) < 4.78 is 0.912. The van der Waals surface area contributed by atoms with Gasteiger partial charge in [0.2, 0.25) is 5.91 Å². The van der Waals surface area contributed by atoms with Crippen LogP contribution in [0.1, 0.15) is 12.8 Å². The molecule has 1 aliphatic rings. The number of primary amides is 1. The number of rotatable bonds is 2. The van der Waals surface area contributed by atoms with Gasteiger partial charge in [-0.1, -0.05) is 0 Å². The number of nitrogens with two attached hydrogens (primary N) is 1. The van der Waals surface area contributed by atoms with Crippen molar-refractivity contribution >= 4 is 27.5 Å². The molecule has 1 aromatic rings. The van der Waals surface area contributed by atoms with E-state index < -0.39 is 0 Å². The molecule has 0 radical (unpaired) electrons. The van der Waals surface area contributed by atoms with Crippen molar-refractivity contribution in [2.75, 3.05) is 11.4 Å². The van der Waals surface area contributed by atoms with Crippen LogP contribution in [0.4, 0.5) is 5.69 Å². The number of anilines is 1. The van der Waals surface area contributed by atoms with E-state index in [1.165, 1.54) is 0 Å². The summed E-state index contributed by atoms with van der Waals surface area (Å²) >= 11 is 3.36. The number of pyridine rings is 1. The van der Waals surface area contributed by atoms with Crippen molar-refractivity contribution in [1.29, 1.82) is 0 Å². The fourth-order valence-corrected chi connectivity index (χ4v) is 2.28. The zero-order chi connectivity index (χ0) is 10.8. The molecule has 1 amide bonds. The van der Waals surface area contributed by atoms with E-state index in [0.717, 1.165) is 29.5 Å². The first-order valence-electron chi connectivity index (χ1n) is 4.85. The van der Waals surface area contributed by atoms with Crippen LogP contribution in [0.5, 0.6) is 0 Å². The second kappa shape index (κ2) is 4.18. The maximum atomic E-state index is 11.2. The highest BCUT2D eigenvalue weighted by atomic mass is 79.9. The largest absolute Gasteiger partial charge is 0.368 e. The van der Waals surface area contributed by atoms with Crippen molar-refractivity contribution in [3.63, 3.8) is 0 Å². The number of hydrogen-bond acceptors (Lipinski definition) is 3. The van der Waals surface area contributed by atoms with E-state index in [-0.39, 0.29) is 11.9 Å². The van der Waals surface area contributed by atoms with Crippen LogP contribution in [0.2, 0.25) is 0 Å². The van der Waals surface area contributed by atoms with E-state index in [0.29, 0.717) is 0 Å². The molecule has 1 aromatic heterocycles. The van der Waals surface area contributed by atoms with E-state index >= 15 is 0 Å². The SMILES string of the molecule is NC(=O)C1CCCN1c1cncc(Br)c1. The third-order valence-corrected chi connectivity index (χ3v) is 3.04. The first-order chi connectivity index (χ1) is 7.18. The summed E-state index contributed by atoms with van der Waals surface area (Å²) in [5.41, 5.74) is 6.30. The summed E-state index contributed by atoms with van der Waals surface area (Å²) in [6.07, 6.45) is 5.31. The van der Waals surface area contributed by atoms with Gasteiger partial charge >= 0.3 is 0 Å². The first-order valence-corrected chi connectivity index (χ1v) is 5.64. The van der Waals surface area contributed by atoms with Gasteiger partial charge in [0.05, 0.1) is 11.9 Å². The average molecular weight is 270 g/mol. The number of aromatic nitrogens is 1. The van der Waals surface area contributed by atoms with Crippen molar-refractivity contribution in [3.05, 3.63) is 22.9 Å². The average Bonchev–Trinajstić information content (AvgIpc) is 2.65. The number of hydrogen-bond donors (Lipinski definition) is 1. The Bertz CT molecular complexity index is 383. The predicted octanol–water partition coefficient (Wildman–Crippen LogP) is 1.30. The molecule has 2 rings (SSSR count). The van der Waals surface area contributed by atoms with Gasteiger partial charge in [0.25, 0.3) is 0 Å². The Morgan fingerprint density at radius 2 is 2.40 bits per heavy atom. The fraction of sp³-hybridized carbons (Fsp3) is 0.400. The van der Waals surface area contributed by atoms with Crippen LogP contribution in [-0.4, -0.2) is 23.5 Å². The molecule has 80 valence electrons. The highest BCUT2D eigenvalue weighted by Crippen LogP contribution is 2.26. The molecule has 0 spiro atoms. The summed E-state index contributed by atoms with van der Waals surface area (Å²) in [6.45, 7) is 0.867. The lowest BCUT2D eigenvalue weighted by molar-refractivity contribution is -0.119. The molecule has 15 heavy (non-hydrogen) atoms. The molecule has 0 saturated carbocycles. The molecule has 2 N–H and O–H groups in total. The summed E-state index contributed by atoms with van der Waals surface area (Å²) in [5.74, 6) is -0.257. The maximum Gasteiger partial charge on any atom is 0.240 e. The van der Waals surface area contributed by atoms with Crippen LogP contribution in [0, 0.1) is 0 Å². The van der Waals surface area contributed by atoms with Crippen LogP contribution < -0.4 is 10.6 Å². The molecule has 1 saturated heterocycles. The molecule has 1 atom stereocenters. The number of carbonyl (C=O) groups excluding carboxylic acids is 1. The van der Waals surface area contributed by atoms with Crippen LogP contribution >= 0.6 is 15.9 Å². The van der Waals surface area contributed by atoms with Crippen molar-refractivity contribution in [2.24, 2.45) is 5.73 Å². The summed E-state index contributed by atoms with van der Waals surface area (Å²) in [5, 5.41) is 0. The van der Waals surface area contributed by atoms with Gasteiger partial charge in [-0.05, 0) is 34.8 Å². The third-order valence-electron chi connectivity index (χ3n) is 2.60. The van der Waals surface area contributed by atoms with Crippen LogP contribution in [0.25, 0.3) is 0 Å². The lowest BCUT2D eigenvalue weighted by Gasteiger charge is -2.23. The fourth-order valence-electron chi connectivity index (χ4n) is 1.93. The van der Waals surface area contributed by atoms with E-state index in [2.05, 4.69) is 20.9 Å². The Balaban J connectivity index is 2.26. The minimum absolute atomic E-state index is 0.180. The normalized spacial score (nSPS) is 20.6. The number of halogens is 1. The Labute approximate surface area is 96.6 Å². The molecule has 5 heteroatoms. The standard InChI is InChI=1S/C10H12BrN3O/c11-7-4-8(6-13-5-7)14-3-1-2-9(14)10(12)15/h4-6,9H,1-3H2,(H2,12,15). The van der Waals surface area contributed by atoms with Crippen molar-refractivity contribution in [1.82, 2.24) is 4.98 Å². The zero-order valence-electron chi connectivity index (χ0n) is 8.19. The number of carbonyl (C=O) groups is 1. The Morgan fingerprint density at radius 1 is 1.60 bits per heavy atom. The quantitative estimate of drug-likeness (QED) is 0.881. The van der Waals surface area contributed by atoms with Crippen LogP contribution in [0.3, 0.4) is 0 Å². The van der Waals surface area contributed by atoms with Gasteiger partial charge < -0.3 is 10.6 Å². The minimum Gasteiger partial charge on any atom is -0.368 e. The molecule has 1 unspecified atom stereocenters. The Kier molecular flexibility index (Phi) is 2.90. The number of amides is 1. The Hall–Kier alpha value is -1.10. The first kappa shape index (κ1) is 10.4. The molecule has 0 aromatic carbocycles. The Morgan fingerprint density at radius 3 is 3.07 bits per heavy atom. The lowest BCUT2D eigenvalue weighted by atomic mass is 10.2. The van der Waals surface area contributed by atoms with E-state index in [4.69, 9.17) is 5.73 Å². The van der Waals surface area contributed by atoms with E-state index in [1.54, 1.807) is 12.4 Å². The molecule has 4 nitrogen and oxygen atoms in total. The molecule has 2 heterocycles. The van der Waals surface area contributed by atoms with Crippen molar-refractivity contribution < 1.29 is 4.79 Å². The smallest absolute Gasteiger partial charge is 0.240 e. The minimum atomic E-state index is -0.257. The maximum absolute atomic E-state index is 11.2. The molecular weight excluding hydrogens is 258 g/mol.